The molecular formula is C19H25N5O2. The molecule has 2 aromatic rings. The topological polar surface area (TPSA) is 70.6 Å². The Morgan fingerprint density at radius 2 is 2.00 bits per heavy atom. The lowest BCUT2D eigenvalue weighted by Gasteiger charge is -2.32. The maximum atomic E-state index is 12.4. The number of carbonyl (C=O) groups excluding carboxylic acids is 1. The largest absolute Gasteiger partial charge is 0.497 e. The maximum Gasteiger partial charge on any atom is 0.274 e. The number of hydrogen-bond acceptors (Lipinski definition) is 6. The van der Waals surface area contributed by atoms with Gasteiger partial charge in [0.15, 0.2) is 0 Å². The number of hydrogen-bond donors (Lipinski definition) is 1. The van der Waals surface area contributed by atoms with E-state index in [1.807, 2.05) is 23.1 Å². The minimum atomic E-state index is -0.0477. The van der Waals surface area contributed by atoms with Gasteiger partial charge in [0, 0.05) is 32.7 Å². The van der Waals surface area contributed by atoms with Crippen LogP contribution >= 0.6 is 0 Å². The number of aromatic nitrogens is 2. The molecule has 26 heavy (non-hydrogen) atoms. The molecule has 1 amide bonds. The van der Waals surface area contributed by atoms with Crippen LogP contribution < -0.4 is 10.1 Å². The van der Waals surface area contributed by atoms with Crippen LogP contribution in [0.5, 0.6) is 5.75 Å². The predicted octanol–water partition coefficient (Wildman–Crippen LogP) is 1.53. The highest BCUT2D eigenvalue weighted by Gasteiger charge is 2.21. The van der Waals surface area contributed by atoms with Crippen LogP contribution in [-0.2, 0) is 6.42 Å². The smallest absolute Gasteiger partial charge is 0.274 e. The van der Waals surface area contributed by atoms with Crippen LogP contribution in [0.15, 0.2) is 36.7 Å². The second-order valence-electron chi connectivity index (χ2n) is 6.41. The monoisotopic (exact) mass is 355 g/mol. The molecule has 1 saturated heterocycles. The molecular weight excluding hydrogens is 330 g/mol. The molecule has 1 N–H and O–H groups in total. The fourth-order valence-corrected chi connectivity index (χ4v) is 2.86. The van der Waals surface area contributed by atoms with Crippen molar-refractivity contribution >= 4 is 11.7 Å². The maximum absolute atomic E-state index is 12.4. The van der Waals surface area contributed by atoms with Crippen molar-refractivity contribution < 1.29 is 9.53 Å². The molecule has 0 atom stereocenters. The van der Waals surface area contributed by atoms with Crippen molar-refractivity contribution in [2.75, 3.05) is 52.2 Å². The fourth-order valence-electron chi connectivity index (χ4n) is 2.86. The molecule has 1 fully saturated rings. The van der Waals surface area contributed by atoms with Gasteiger partial charge in [-0.25, -0.2) is 9.97 Å². The molecule has 0 aliphatic carbocycles. The van der Waals surface area contributed by atoms with Crippen molar-refractivity contribution in [3.8, 4) is 5.75 Å². The van der Waals surface area contributed by atoms with Crippen LogP contribution in [0.4, 0.5) is 5.82 Å². The number of carbonyl (C=O) groups is 1. The Kier molecular flexibility index (Phi) is 6.01. The fraction of sp³-hybridized carbons (Fsp3) is 0.421. The quantitative estimate of drug-likeness (QED) is 0.847. The normalized spacial score (nSPS) is 14.9. The van der Waals surface area contributed by atoms with Gasteiger partial charge in [-0.2, -0.15) is 0 Å². The van der Waals surface area contributed by atoms with Gasteiger partial charge in [-0.15, -0.1) is 0 Å². The van der Waals surface area contributed by atoms with Gasteiger partial charge in [0.2, 0.25) is 0 Å². The Hall–Kier alpha value is -2.67. The first-order valence-corrected chi connectivity index (χ1v) is 8.82. The summed E-state index contributed by atoms with van der Waals surface area (Å²) in [5, 5.41) is 3.24. The van der Waals surface area contributed by atoms with Crippen molar-refractivity contribution in [3.05, 3.63) is 47.9 Å². The van der Waals surface area contributed by atoms with Crippen LogP contribution in [-0.4, -0.2) is 72.6 Å². The number of amides is 1. The van der Waals surface area contributed by atoms with Gasteiger partial charge in [-0.1, -0.05) is 12.1 Å². The SMILES string of the molecule is COc1cccc(CCNc2cnc(C(=O)N3CCN(C)CC3)cn2)c1. The summed E-state index contributed by atoms with van der Waals surface area (Å²) >= 11 is 0. The zero-order chi connectivity index (χ0) is 18.4. The summed E-state index contributed by atoms with van der Waals surface area (Å²) in [6.07, 6.45) is 4.02. The molecule has 0 bridgehead atoms. The molecule has 1 aromatic heterocycles. The van der Waals surface area contributed by atoms with Crippen molar-refractivity contribution in [3.63, 3.8) is 0 Å². The summed E-state index contributed by atoms with van der Waals surface area (Å²) in [7, 11) is 3.73. The zero-order valence-electron chi connectivity index (χ0n) is 15.3. The van der Waals surface area contributed by atoms with Gasteiger partial charge in [0.1, 0.15) is 17.3 Å². The summed E-state index contributed by atoms with van der Waals surface area (Å²) < 4.78 is 5.23. The first-order chi connectivity index (χ1) is 12.7. The molecule has 7 heteroatoms. The van der Waals surface area contributed by atoms with E-state index in [4.69, 9.17) is 4.74 Å². The number of likely N-dealkylation sites (N-methyl/N-ethyl adjacent to an activating group) is 1. The van der Waals surface area contributed by atoms with E-state index in [9.17, 15) is 4.79 Å². The molecule has 0 saturated carbocycles. The molecule has 1 aliphatic heterocycles. The number of benzene rings is 1. The van der Waals surface area contributed by atoms with Crippen molar-refractivity contribution in [1.82, 2.24) is 19.8 Å². The average molecular weight is 355 g/mol. The van der Waals surface area contributed by atoms with Crippen LogP contribution in [0.3, 0.4) is 0 Å². The van der Waals surface area contributed by atoms with E-state index < -0.39 is 0 Å². The van der Waals surface area contributed by atoms with E-state index in [0.717, 1.165) is 44.9 Å². The molecule has 7 nitrogen and oxygen atoms in total. The van der Waals surface area contributed by atoms with Crippen LogP contribution in [0.2, 0.25) is 0 Å². The second-order valence-corrected chi connectivity index (χ2v) is 6.41. The molecule has 1 aromatic carbocycles. The van der Waals surface area contributed by atoms with Gasteiger partial charge >= 0.3 is 0 Å². The van der Waals surface area contributed by atoms with E-state index >= 15 is 0 Å². The lowest BCUT2D eigenvalue weighted by molar-refractivity contribution is 0.0658. The van der Waals surface area contributed by atoms with Crippen molar-refractivity contribution in [1.29, 1.82) is 0 Å². The number of methoxy groups -OCH3 is 1. The third kappa shape index (κ3) is 4.70. The van der Waals surface area contributed by atoms with Gasteiger partial charge in [0.05, 0.1) is 19.5 Å². The van der Waals surface area contributed by atoms with E-state index in [-0.39, 0.29) is 5.91 Å². The molecule has 138 valence electrons. The van der Waals surface area contributed by atoms with E-state index in [1.54, 1.807) is 19.5 Å². The molecule has 0 radical (unpaired) electrons. The highest BCUT2D eigenvalue weighted by molar-refractivity contribution is 5.92. The summed E-state index contributed by atoms with van der Waals surface area (Å²) in [4.78, 5) is 25.1. The third-order valence-electron chi connectivity index (χ3n) is 4.52. The molecule has 3 rings (SSSR count). The van der Waals surface area contributed by atoms with Crippen LogP contribution in [0.1, 0.15) is 16.1 Å². The molecule has 2 heterocycles. The lowest BCUT2D eigenvalue weighted by atomic mass is 10.1. The van der Waals surface area contributed by atoms with Crippen LogP contribution in [0.25, 0.3) is 0 Å². The Morgan fingerprint density at radius 3 is 2.69 bits per heavy atom. The van der Waals surface area contributed by atoms with E-state index in [1.165, 1.54) is 5.56 Å². The van der Waals surface area contributed by atoms with Crippen LogP contribution in [0, 0.1) is 0 Å². The molecule has 1 aliphatic rings. The Balaban J connectivity index is 1.50. The highest BCUT2D eigenvalue weighted by Crippen LogP contribution is 2.13. The number of anilines is 1. The van der Waals surface area contributed by atoms with Gasteiger partial charge < -0.3 is 19.9 Å². The van der Waals surface area contributed by atoms with Gasteiger partial charge in [-0.3, -0.25) is 4.79 Å². The van der Waals surface area contributed by atoms with Gasteiger partial charge in [0.25, 0.3) is 5.91 Å². The Labute approximate surface area is 154 Å². The highest BCUT2D eigenvalue weighted by atomic mass is 16.5. The molecule has 0 unspecified atom stereocenters. The standard InChI is InChI=1S/C19H25N5O2/c1-23-8-10-24(11-9-23)19(25)17-13-22-18(14-21-17)20-7-6-15-4-3-5-16(12-15)26-2/h3-5,12-14H,6-11H2,1-2H3,(H,20,22). The zero-order valence-corrected chi connectivity index (χ0v) is 15.3. The number of nitrogens with one attached hydrogen (secondary N) is 1. The lowest BCUT2D eigenvalue weighted by Crippen LogP contribution is -2.47. The summed E-state index contributed by atoms with van der Waals surface area (Å²) in [6, 6.07) is 7.99. The number of ether oxygens (including phenoxy) is 1. The Morgan fingerprint density at radius 1 is 1.19 bits per heavy atom. The van der Waals surface area contributed by atoms with E-state index in [0.29, 0.717) is 11.5 Å². The van der Waals surface area contributed by atoms with Crippen molar-refractivity contribution in [2.24, 2.45) is 0 Å². The summed E-state index contributed by atoms with van der Waals surface area (Å²) in [6.45, 7) is 3.98. The minimum absolute atomic E-state index is 0.0477. The third-order valence-corrected chi connectivity index (χ3v) is 4.52. The number of rotatable bonds is 6. The number of nitrogens with zero attached hydrogens (tertiary/aromatic N) is 4. The molecule has 0 spiro atoms. The average Bonchev–Trinajstić information content (AvgIpc) is 2.69. The second kappa shape index (κ2) is 8.62. The number of piperazine rings is 1. The summed E-state index contributed by atoms with van der Waals surface area (Å²) in [5.41, 5.74) is 1.58. The summed E-state index contributed by atoms with van der Waals surface area (Å²) in [5.74, 6) is 1.48. The van der Waals surface area contributed by atoms with Crippen molar-refractivity contribution in [2.45, 2.75) is 6.42 Å². The van der Waals surface area contributed by atoms with Gasteiger partial charge in [-0.05, 0) is 31.2 Å². The minimum Gasteiger partial charge on any atom is -0.497 e. The Bertz CT molecular complexity index is 727. The first kappa shape index (κ1) is 18.1. The van der Waals surface area contributed by atoms with E-state index in [2.05, 4.69) is 33.3 Å². The predicted molar refractivity (Wildman–Crippen MR) is 101 cm³/mol. The first-order valence-electron chi connectivity index (χ1n) is 8.82.